The number of piperidine rings is 1. The molecular weight excluding hydrogens is 178 g/mol. The van der Waals surface area contributed by atoms with Gasteiger partial charge in [0.1, 0.15) is 0 Å². The Balaban J connectivity index is 2.05. The van der Waals surface area contributed by atoms with Gasteiger partial charge in [-0.25, -0.2) is 0 Å². The van der Waals surface area contributed by atoms with Crippen LogP contribution >= 0.6 is 0 Å². The molecule has 1 atom stereocenters. The van der Waals surface area contributed by atoms with Crippen molar-refractivity contribution in [2.24, 2.45) is 5.92 Å². The molecule has 3 nitrogen and oxygen atoms in total. The van der Waals surface area contributed by atoms with E-state index in [1.54, 1.807) is 7.11 Å². The van der Waals surface area contributed by atoms with Crippen molar-refractivity contribution in [2.45, 2.75) is 12.8 Å². The fourth-order valence-electron chi connectivity index (χ4n) is 1.88. The highest BCUT2D eigenvalue weighted by Crippen LogP contribution is 2.16. The molecule has 1 aliphatic rings. The zero-order valence-corrected chi connectivity index (χ0v) is 9.21. The van der Waals surface area contributed by atoms with Crippen LogP contribution in [0.5, 0.6) is 0 Å². The smallest absolute Gasteiger partial charge is 0.0700 e. The lowest BCUT2D eigenvalue weighted by molar-refractivity contribution is 0.0326. The van der Waals surface area contributed by atoms with Gasteiger partial charge in [-0.05, 0) is 38.8 Å². The third-order valence-electron chi connectivity index (χ3n) is 2.70. The number of hydrogen-bond donors (Lipinski definition) is 0. The molecule has 83 valence electrons. The molecule has 0 saturated carbocycles. The molecule has 1 rings (SSSR count). The van der Waals surface area contributed by atoms with Gasteiger partial charge >= 0.3 is 0 Å². The standard InChI is InChI=1S/C11H22NO2/c1-3-12-6-4-5-11(9-12)10-14-8-7-13-2/h11H,1,3-10H2,2H3/t11-/m1/s1. The van der Waals surface area contributed by atoms with Crippen molar-refractivity contribution in [1.29, 1.82) is 0 Å². The highest BCUT2D eigenvalue weighted by Gasteiger charge is 2.18. The third-order valence-corrected chi connectivity index (χ3v) is 2.70. The van der Waals surface area contributed by atoms with E-state index in [-0.39, 0.29) is 0 Å². The number of rotatable bonds is 6. The summed E-state index contributed by atoms with van der Waals surface area (Å²) in [6.45, 7) is 9.49. The van der Waals surface area contributed by atoms with Crippen LogP contribution in [-0.2, 0) is 9.47 Å². The highest BCUT2D eigenvalue weighted by atomic mass is 16.5. The summed E-state index contributed by atoms with van der Waals surface area (Å²) in [6.07, 6.45) is 2.58. The van der Waals surface area contributed by atoms with Crippen molar-refractivity contribution in [1.82, 2.24) is 4.90 Å². The van der Waals surface area contributed by atoms with Crippen LogP contribution in [0.3, 0.4) is 0 Å². The Labute approximate surface area is 87.4 Å². The maximum atomic E-state index is 5.53. The van der Waals surface area contributed by atoms with E-state index in [2.05, 4.69) is 11.8 Å². The van der Waals surface area contributed by atoms with Gasteiger partial charge in [0.2, 0.25) is 0 Å². The number of ether oxygens (including phenoxy) is 2. The number of hydrogen-bond acceptors (Lipinski definition) is 3. The van der Waals surface area contributed by atoms with Gasteiger partial charge in [-0.1, -0.05) is 0 Å². The summed E-state index contributed by atoms with van der Waals surface area (Å²) >= 11 is 0. The highest BCUT2D eigenvalue weighted by molar-refractivity contribution is 4.72. The molecule has 0 aromatic rings. The first-order chi connectivity index (χ1) is 6.86. The molecule has 1 aliphatic heterocycles. The van der Waals surface area contributed by atoms with E-state index in [4.69, 9.17) is 9.47 Å². The number of methoxy groups -OCH3 is 1. The van der Waals surface area contributed by atoms with Crippen LogP contribution in [0.1, 0.15) is 12.8 Å². The SMILES string of the molecule is [CH2]CN1CCC[C@@H](COCCOC)C1. The molecule has 3 heteroatoms. The lowest BCUT2D eigenvalue weighted by Gasteiger charge is -2.31. The largest absolute Gasteiger partial charge is 0.382 e. The summed E-state index contributed by atoms with van der Waals surface area (Å²) in [7, 11) is 1.70. The van der Waals surface area contributed by atoms with Gasteiger partial charge in [-0.15, -0.1) is 0 Å². The second kappa shape index (κ2) is 7.21. The third kappa shape index (κ3) is 4.40. The van der Waals surface area contributed by atoms with Gasteiger partial charge in [0.25, 0.3) is 0 Å². The zero-order chi connectivity index (χ0) is 10.2. The van der Waals surface area contributed by atoms with Crippen molar-refractivity contribution in [3.63, 3.8) is 0 Å². The summed E-state index contributed by atoms with van der Waals surface area (Å²) in [5, 5.41) is 0. The zero-order valence-electron chi connectivity index (χ0n) is 9.21. The first-order valence-corrected chi connectivity index (χ1v) is 5.45. The lowest BCUT2D eigenvalue weighted by Crippen LogP contribution is -2.37. The molecule has 0 amide bonds. The molecule has 0 aromatic carbocycles. The van der Waals surface area contributed by atoms with Crippen LogP contribution in [0, 0.1) is 12.8 Å². The van der Waals surface area contributed by atoms with Crippen LogP contribution in [0.4, 0.5) is 0 Å². The van der Waals surface area contributed by atoms with Crippen molar-refractivity contribution < 1.29 is 9.47 Å². The van der Waals surface area contributed by atoms with Gasteiger partial charge in [-0.2, -0.15) is 0 Å². The molecule has 0 spiro atoms. The van der Waals surface area contributed by atoms with E-state index in [1.807, 2.05) is 0 Å². The van der Waals surface area contributed by atoms with Crippen molar-refractivity contribution in [2.75, 3.05) is 46.6 Å². The first-order valence-electron chi connectivity index (χ1n) is 5.45. The lowest BCUT2D eigenvalue weighted by atomic mass is 9.99. The molecule has 14 heavy (non-hydrogen) atoms. The molecule has 0 aliphatic carbocycles. The summed E-state index contributed by atoms with van der Waals surface area (Å²) in [4.78, 5) is 2.40. The Kier molecular flexibility index (Phi) is 6.15. The molecule has 0 aromatic heterocycles. The topological polar surface area (TPSA) is 21.7 Å². The van der Waals surface area contributed by atoms with Crippen LogP contribution < -0.4 is 0 Å². The Hall–Kier alpha value is -0.120. The van der Waals surface area contributed by atoms with Crippen LogP contribution in [0.2, 0.25) is 0 Å². The molecule has 0 N–H and O–H groups in total. The van der Waals surface area contributed by atoms with Crippen LogP contribution in [-0.4, -0.2) is 51.5 Å². The number of nitrogens with zero attached hydrogens (tertiary/aromatic N) is 1. The molecule has 1 heterocycles. The maximum absolute atomic E-state index is 5.53. The minimum Gasteiger partial charge on any atom is -0.382 e. The normalized spacial score (nSPS) is 24.0. The molecule has 1 fully saturated rings. The second-order valence-electron chi connectivity index (χ2n) is 3.88. The molecule has 1 radical (unpaired) electrons. The Morgan fingerprint density at radius 3 is 3.00 bits per heavy atom. The molecule has 0 bridgehead atoms. The minimum absolute atomic E-state index is 0.697. The minimum atomic E-state index is 0.697. The molecular formula is C11H22NO2. The van der Waals surface area contributed by atoms with Crippen molar-refractivity contribution >= 4 is 0 Å². The fraction of sp³-hybridized carbons (Fsp3) is 0.909. The summed E-state index contributed by atoms with van der Waals surface area (Å²) in [6, 6.07) is 0. The maximum Gasteiger partial charge on any atom is 0.0700 e. The first kappa shape index (κ1) is 12.0. The van der Waals surface area contributed by atoms with Gasteiger partial charge in [0.05, 0.1) is 19.8 Å². The van der Waals surface area contributed by atoms with Gasteiger partial charge in [-0.3, -0.25) is 0 Å². The van der Waals surface area contributed by atoms with E-state index in [0.29, 0.717) is 12.5 Å². The summed E-state index contributed by atoms with van der Waals surface area (Å²) < 4.78 is 10.5. The van der Waals surface area contributed by atoms with Crippen LogP contribution in [0.25, 0.3) is 0 Å². The van der Waals surface area contributed by atoms with E-state index >= 15 is 0 Å². The van der Waals surface area contributed by atoms with Gasteiger partial charge in [0, 0.05) is 13.7 Å². The summed E-state index contributed by atoms with van der Waals surface area (Å²) in [5.74, 6) is 0.697. The predicted octanol–water partition coefficient (Wildman–Crippen LogP) is 1.20. The van der Waals surface area contributed by atoms with E-state index in [9.17, 15) is 0 Å². The summed E-state index contributed by atoms with van der Waals surface area (Å²) in [5.41, 5.74) is 0. The van der Waals surface area contributed by atoms with E-state index in [0.717, 1.165) is 26.3 Å². The van der Waals surface area contributed by atoms with E-state index < -0.39 is 0 Å². The average molecular weight is 200 g/mol. The average Bonchev–Trinajstić information content (AvgIpc) is 2.25. The van der Waals surface area contributed by atoms with Gasteiger partial charge in [0.15, 0.2) is 0 Å². The Morgan fingerprint density at radius 2 is 2.29 bits per heavy atom. The van der Waals surface area contributed by atoms with Gasteiger partial charge < -0.3 is 14.4 Å². The molecule has 0 unspecified atom stereocenters. The number of likely N-dealkylation sites (tertiary alicyclic amines) is 1. The predicted molar refractivity (Wildman–Crippen MR) is 57.2 cm³/mol. The Bertz CT molecular complexity index is 141. The second-order valence-corrected chi connectivity index (χ2v) is 3.88. The van der Waals surface area contributed by atoms with Crippen molar-refractivity contribution in [3.05, 3.63) is 6.92 Å². The quantitative estimate of drug-likeness (QED) is 0.601. The van der Waals surface area contributed by atoms with E-state index in [1.165, 1.54) is 19.4 Å². The van der Waals surface area contributed by atoms with Crippen molar-refractivity contribution in [3.8, 4) is 0 Å². The molecule has 1 saturated heterocycles. The Morgan fingerprint density at radius 1 is 1.43 bits per heavy atom. The van der Waals surface area contributed by atoms with Crippen LogP contribution in [0.15, 0.2) is 0 Å². The fourth-order valence-corrected chi connectivity index (χ4v) is 1.88. The monoisotopic (exact) mass is 200 g/mol.